The Bertz CT molecular complexity index is 1670. The molecule has 264 valence electrons. The summed E-state index contributed by atoms with van der Waals surface area (Å²) in [5, 5.41) is 26.3. The van der Waals surface area contributed by atoms with Crippen LogP contribution in [0.15, 0.2) is 103 Å². The van der Waals surface area contributed by atoms with E-state index in [4.69, 9.17) is 15.2 Å². The number of anilines is 2. The summed E-state index contributed by atoms with van der Waals surface area (Å²) in [7, 11) is 1.99. The fraction of sp³-hybridized carbons (Fsp3) is 0.350. The molecule has 1 fully saturated rings. The molecule has 50 heavy (non-hydrogen) atoms. The molecule has 1 saturated heterocycles. The topological polar surface area (TPSA) is 146 Å². The van der Waals surface area contributed by atoms with Gasteiger partial charge in [-0.05, 0) is 54.8 Å². The first kappa shape index (κ1) is 36.7. The zero-order valence-electron chi connectivity index (χ0n) is 28.7. The Balaban J connectivity index is 1.16. The van der Waals surface area contributed by atoms with Crippen molar-refractivity contribution in [2.75, 3.05) is 24.6 Å². The average molecular weight is 681 g/mol. The lowest BCUT2D eigenvalue weighted by Crippen LogP contribution is -2.43. The van der Waals surface area contributed by atoms with Crippen LogP contribution in [0.4, 0.5) is 11.4 Å². The molecule has 6 N–H and O–H groups in total. The summed E-state index contributed by atoms with van der Waals surface area (Å²) in [5.41, 5.74) is 11.4. The van der Waals surface area contributed by atoms with Crippen LogP contribution in [0, 0.1) is 0 Å². The van der Waals surface area contributed by atoms with Crippen molar-refractivity contribution in [1.82, 2.24) is 10.2 Å². The van der Waals surface area contributed by atoms with E-state index in [2.05, 4.69) is 15.5 Å². The molecule has 1 aliphatic rings. The second-order valence-corrected chi connectivity index (χ2v) is 12.9. The zero-order chi connectivity index (χ0) is 35.5. The van der Waals surface area contributed by atoms with Gasteiger partial charge in [0.2, 0.25) is 11.8 Å². The van der Waals surface area contributed by atoms with Gasteiger partial charge >= 0.3 is 0 Å². The Hall–Kier alpha value is -4.58. The van der Waals surface area contributed by atoms with Gasteiger partial charge in [-0.3, -0.25) is 14.5 Å². The smallest absolute Gasteiger partial charge is 0.224 e. The number of benzene rings is 4. The molecule has 0 saturated carbocycles. The summed E-state index contributed by atoms with van der Waals surface area (Å²) >= 11 is 0. The zero-order valence-corrected chi connectivity index (χ0v) is 28.7. The lowest BCUT2D eigenvalue weighted by atomic mass is 9.98. The highest BCUT2D eigenvalue weighted by molar-refractivity contribution is 5.93. The van der Waals surface area contributed by atoms with Gasteiger partial charge in [0.05, 0.1) is 36.3 Å². The first-order valence-electron chi connectivity index (χ1n) is 17.1. The van der Waals surface area contributed by atoms with Crippen LogP contribution < -0.4 is 16.4 Å². The summed E-state index contributed by atoms with van der Waals surface area (Å²) in [6.07, 6.45) is -0.197. The van der Waals surface area contributed by atoms with Crippen LogP contribution in [0.5, 0.6) is 0 Å². The molecule has 1 aliphatic heterocycles. The second-order valence-electron chi connectivity index (χ2n) is 12.9. The van der Waals surface area contributed by atoms with E-state index in [0.717, 1.165) is 27.8 Å². The highest BCUT2D eigenvalue weighted by Crippen LogP contribution is 2.38. The Morgan fingerprint density at radius 1 is 0.860 bits per heavy atom. The minimum atomic E-state index is -0.647. The van der Waals surface area contributed by atoms with Crippen LogP contribution in [0.1, 0.15) is 78.9 Å². The number of nitrogens with two attached hydrogens (primary N) is 1. The molecule has 10 heteroatoms. The predicted molar refractivity (Wildman–Crippen MR) is 194 cm³/mol. The summed E-state index contributed by atoms with van der Waals surface area (Å²) in [6.45, 7) is 2.92. The van der Waals surface area contributed by atoms with E-state index in [0.29, 0.717) is 37.3 Å². The highest BCUT2D eigenvalue weighted by atomic mass is 16.7. The van der Waals surface area contributed by atoms with Gasteiger partial charge in [0.15, 0.2) is 6.29 Å². The third-order valence-electron chi connectivity index (χ3n) is 9.18. The number of para-hydroxylation sites is 2. The lowest BCUT2D eigenvalue weighted by Gasteiger charge is -2.39. The van der Waals surface area contributed by atoms with E-state index in [9.17, 15) is 19.8 Å². The number of aliphatic hydroxyl groups is 2. The molecule has 2 amide bonds. The highest BCUT2D eigenvalue weighted by Gasteiger charge is 2.34. The van der Waals surface area contributed by atoms with Crippen molar-refractivity contribution in [1.29, 1.82) is 0 Å². The van der Waals surface area contributed by atoms with Crippen LogP contribution in [0.25, 0.3) is 0 Å². The number of hydrogen-bond acceptors (Lipinski definition) is 8. The number of rotatable bonds is 15. The Kier molecular flexibility index (Phi) is 13.1. The number of hydrogen-bond donors (Lipinski definition) is 5. The molecule has 1 heterocycles. The van der Waals surface area contributed by atoms with Crippen LogP contribution in [0.3, 0.4) is 0 Å². The summed E-state index contributed by atoms with van der Waals surface area (Å²) in [5.74, 6) is -0.315. The monoisotopic (exact) mass is 680 g/mol. The van der Waals surface area contributed by atoms with Crippen LogP contribution in [0.2, 0.25) is 0 Å². The number of likely N-dealkylation sites (N-methyl/N-ethyl adjacent to an activating group) is 1. The van der Waals surface area contributed by atoms with Crippen LogP contribution in [-0.2, 0) is 32.2 Å². The third kappa shape index (κ3) is 10.2. The van der Waals surface area contributed by atoms with Gasteiger partial charge in [0, 0.05) is 44.0 Å². The van der Waals surface area contributed by atoms with E-state index in [1.807, 2.05) is 92.8 Å². The molecule has 5 atom stereocenters. The van der Waals surface area contributed by atoms with Gasteiger partial charge in [-0.1, -0.05) is 91.0 Å². The minimum absolute atomic E-state index is 0.0266. The van der Waals surface area contributed by atoms with Crippen molar-refractivity contribution in [3.8, 4) is 0 Å². The number of amides is 2. The fourth-order valence-corrected chi connectivity index (χ4v) is 6.00. The molecule has 0 aromatic heterocycles. The minimum Gasteiger partial charge on any atom is -0.397 e. The molecule has 4 aromatic rings. The molecule has 4 aromatic carbocycles. The molecule has 0 spiro atoms. The Morgan fingerprint density at radius 3 is 2.20 bits per heavy atom. The van der Waals surface area contributed by atoms with E-state index < -0.39 is 12.4 Å². The van der Waals surface area contributed by atoms with E-state index in [1.165, 1.54) is 0 Å². The molecule has 0 aliphatic carbocycles. The van der Waals surface area contributed by atoms with Gasteiger partial charge in [-0.15, -0.1) is 0 Å². The molecule has 5 rings (SSSR count). The van der Waals surface area contributed by atoms with Gasteiger partial charge in [0.25, 0.3) is 0 Å². The summed E-state index contributed by atoms with van der Waals surface area (Å²) < 4.78 is 13.0. The maximum atomic E-state index is 12.5. The first-order valence-corrected chi connectivity index (χ1v) is 17.1. The summed E-state index contributed by atoms with van der Waals surface area (Å²) in [6, 6.07) is 32.1. The molecular weight excluding hydrogens is 632 g/mol. The van der Waals surface area contributed by atoms with E-state index in [-0.39, 0.29) is 49.5 Å². The maximum absolute atomic E-state index is 12.5. The molecule has 10 nitrogen and oxygen atoms in total. The molecular formula is C40H48N4O6. The molecule has 0 bridgehead atoms. The van der Waals surface area contributed by atoms with Gasteiger partial charge in [-0.25, -0.2) is 0 Å². The van der Waals surface area contributed by atoms with Crippen molar-refractivity contribution in [3.63, 3.8) is 0 Å². The predicted octanol–water partition coefficient (Wildman–Crippen LogP) is 5.79. The van der Waals surface area contributed by atoms with Gasteiger partial charge in [-0.2, -0.15) is 0 Å². The number of aliphatic hydroxyl groups excluding tert-OH is 2. The standard InChI is InChI=1S/C40H48N4O6/c1-27(39(48)31-9-4-3-5-10-31)44(2)25-33-23-36(30-19-17-29(26-45)18-20-30)50-40(49-33)32-21-15-28(16-22-32)24-42-37(46)13-8-14-38(47)43-35-12-7-6-11-34(35)41/h3-7,9-12,15-22,27,33,36,39-40,45,48H,8,13-14,23-26,41H2,1-2H3,(H,42,46)(H,43,47)/t27-,33+,36-,39-,40-/m0/s1. The van der Waals surface area contributed by atoms with Crippen molar-refractivity contribution < 1.29 is 29.3 Å². The summed E-state index contributed by atoms with van der Waals surface area (Å²) in [4.78, 5) is 26.9. The van der Waals surface area contributed by atoms with Gasteiger partial charge < -0.3 is 36.1 Å². The number of ether oxygens (including phenoxy) is 2. The number of nitrogens with one attached hydrogen (secondary N) is 2. The Morgan fingerprint density at radius 2 is 1.50 bits per heavy atom. The first-order chi connectivity index (χ1) is 24.2. The number of nitrogens with zero attached hydrogens (tertiary/aromatic N) is 1. The Labute approximate surface area is 294 Å². The van der Waals surface area contributed by atoms with Crippen molar-refractivity contribution in [3.05, 3.63) is 131 Å². The van der Waals surface area contributed by atoms with E-state index >= 15 is 0 Å². The maximum Gasteiger partial charge on any atom is 0.224 e. The molecule has 0 unspecified atom stereocenters. The van der Waals surface area contributed by atoms with Crippen molar-refractivity contribution in [2.45, 2.75) is 76.4 Å². The number of carbonyl (C=O) groups excluding carboxylic acids is 2. The number of carbonyl (C=O) groups is 2. The largest absolute Gasteiger partial charge is 0.397 e. The van der Waals surface area contributed by atoms with Gasteiger partial charge in [0.1, 0.15) is 0 Å². The quantitative estimate of drug-likeness (QED) is 0.0993. The third-order valence-corrected chi connectivity index (χ3v) is 9.18. The normalized spacial score (nSPS) is 18.7. The van der Waals surface area contributed by atoms with Crippen molar-refractivity contribution >= 4 is 23.2 Å². The lowest BCUT2D eigenvalue weighted by molar-refractivity contribution is -0.253. The second kappa shape index (κ2) is 17.9. The fourth-order valence-electron chi connectivity index (χ4n) is 6.00. The number of nitrogen functional groups attached to an aromatic ring is 1. The van der Waals surface area contributed by atoms with Crippen LogP contribution >= 0.6 is 0 Å². The average Bonchev–Trinajstić information content (AvgIpc) is 3.14. The van der Waals surface area contributed by atoms with Crippen LogP contribution in [-0.4, -0.2) is 52.7 Å². The van der Waals surface area contributed by atoms with E-state index in [1.54, 1.807) is 24.3 Å². The molecule has 0 radical (unpaired) electrons. The van der Waals surface area contributed by atoms with Crippen molar-refractivity contribution in [2.24, 2.45) is 0 Å². The SMILES string of the molecule is C[C@@H]([C@H](O)c1ccccc1)N(C)C[C@H]1C[C@@H](c2ccc(CO)cc2)O[C@@H](c2ccc(CNC(=O)CCCC(=O)Nc3ccccc3N)cc2)O1.